The predicted molar refractivity (Wildman–Crippen MR) is 99.7 cm³/mol. The third-order valence-electron chi connectivity index (χ3n) is 5.26. The number of anilines is 1. The van der Waals surface area contributed by atoms with Gasteiger partial charge < -0.3 is 16.0 Å². The summed E-state index contributed by atoms with van der Waals surface area (Å²) < 4.78 is 0. The highest BCUT2D eigenvalue weighted by Gasteiger charge is 2.34. The van der Waals surface area contributed by atoms with Crippen molar-refractivity contribution in [2.24, 2.45) is 5.92 Å². The molecule has 0 aromatic heterocycles. The smallest absolute Gasteiger partial charge is 0.226 e. The fourth-order valence-electron chi connectivity index (χ4n) is 3.95. The number of carbonyl (C=O) groups is 2. The minimum Gasteiger partial charge on any atom is -0.356 e. The first-order valence-corrected chi connectivity index (χ1v) is 9.46. The number of fused-ring (bicyclic) bond motifs is 2. The molecule has 1 aromatic carbocycles. The zero-order valence-corrected chi connectivity index (χ0v) is 15.4. The van der Waals surface area contributed by atoms with Crippen molar-refractivity contribution in [3.8, 4) is 0 Å². The lowest BCUT2D eigenvalue weighted by atomic mass is 9.89. The van der Waals surface area contributed by atoms with Gasteiger partial charge in [-0.05, 0) is 56.2 Å². The molecule has 3 rings (SSSR count). The average molecular weight is 364 g/mol. The van der Waals surface area contributed by atoms with E-state index in [9.17, 15) is 9.59 Å². The monoisotopic (exact) mass is 363 g/mol. The molecule has 5 nitrogen and oxygen atoms in total. The van der Waals surface area contributed by atoms with E-state index in [2.05, 4.69) is 16.0 Å². The molecule has 2 atom stereocenters. The maximum Gasteiger partial charge on any atom is 0.226 e. The van der Waals surface area contributed by atoms with Crippen molar-refractivity contribution < 1.29 is 9.59 Å². The second-order valence-electron chi connectivity index (χ2n) is 7.24. The van der Waals surface area contributed by atoms with Crippen LogP contribution in [0.5, 0.6) is 0 Å². The Bertz CT molecular complexity index is 638. The first kappa shape index (κ1) is 18.2. The van der Waals surface area contributed by atoms with E-state index in [4.69, 9.17) is 11.6 Å². The van der Waals surface area contributed by atoms with Gasteiger partial charge in [0.15, 0.2) is 0 Å². The molecule has 1 aromatic rings. The highest BCUT2D eigenvalue weighted by atomic mass is 35.5. The molecule has 2 unspecified atom stereocenters. The molecule has 2 saturated heterocycles. The van der Waals surface area contributed by atoms with E-state index < -0.39 is 0 Å². The highest BCUT2D eigenvalue weighted by molar-refractivity contribution is 6.31. The Hall–Kier alpha value is -1.59. The van der Waals surface area contributed by atoms with Gasteiger partial charge in [-0.3, -0.25) is 9.59 Å². The minimum atomic E-state index is -0.120. The molecule has 2 bridgehead atoms. The molecule has 0 radical (unpaired) electrons. The number of nitrogens with one attached hydrogen (secondary N) is 3. The average Bonchev–Trinajstić information content (AvgIpc) is 2.90. The highest BCUT2D eigenvalue weighted by Crippen LogP contribution is 2.32. The molecule has 2 amide bonds. The maximum absolute atomic E-state index is 12.1. The summed E-state index contributed by atoms with van der Waals surface area (Å²) in [5.74, 6) is 0.408. The van der Waals surface area contributed by atoms with Gasteiger partial charge in [0.2, 0.25) is 11.8 Å². The Morgan fingerprint density at radius 1 is 1.20 bits per heavy atom. The quantitative estimate of drug-likeness (QED) is 0.727. The maximum atomic E-state index is 12.1. The van der Waals surface area contributed by atoms with Crippen molar-refractivity contribution in [3.63, 3.8) is 0 Å². The minimum absolute atomic E-state index is 0.0537. The van der Waals surface area contributed by atoms with E-state index in [0.717, 1.165) is 18.4 Å². The van der Waals surface area contributed by atoms with E-state index in [1.54, 1.807) is 12.1 Å². The number of amides is 2. The van der Waals surface area contributed by atoms with Gasteiger partial charge in [-0.15, -0.1) is 0 Å². The number of piperidine rings is 1. The van der Waals surface area contributed by atoms with Gasteiger partial charge in [0.25, 0.3) is 0 Å². The molecular weight excluding hydrogens is 338 g/mol. The van der Waals surface area contributed by atoms with Crippen LogP contribution in [-0.4, -0.2) is 30.4 Å². The summed E-state index contributed by atoms with van der Waals surface area (Å²) in [6.45, 7) is 2.23. The van der Waals surface area contributed by atoms with Crippen molar-refractivity contribution in [1.82, 2.24) is 10.6 Å². The van der Waals surface area contributed by atoms with Crippen molar-refractivity contribution in [1.29, 1.82) is 0 Å². The molecule has 136 valence electrons. The van der Waals surface area contributed by atoms with Gasteiger partial charge >= 0.3 is 0 Å². The first-order valence-electron chi connectivity index (χ1n) is 9.09. The lowest BCUT2D eigenvalue weighted by Gasteiger charge is -2.28. The topological polar surface area (TPSA) is 70.2 Å². The summed E-state index contributed by atoms with van der Waals surface area (Å²) in [6, 6.07) is 6.62. The van der Waals surface area contributed by atoms with Crippen LogP contribution < -0.4 is 16.0 Å². The Balaban J connectivity index is 1.36. The zero-order valence-electron chi connectivity index (χ0n) is 14.6. The van der Waals surface area contributed by atoms with Gasteiger partial charge in [0, 0.05) is 42.2 Å². The van der Waals surface area contributed by atoms with Gasteiger partial charge in [-0.1, -0.05) is 17.7 Å². The third-order valence-corrected chi connectivity index (χ3v) is 5.67. The Morgan fingerprint density at radius 3 is 2.64 bits per heavy atom. The van der Waals surface area contributed by atoms with Crippen LogP contribution in [-0.2, 0) is 9.59 Å². The van der Waals surface area contributed by atoms with Crippen LogP contribution in [0.25, 0.3) is 0 Å². The summed E-state index contributed by atoms with van der Waals surface area (Å²) in [4.78, 5) is 24.1. The van der Waals surface area contributed by atoms with Gasteiger partial charge in [-0.2, -0.15) is 0 Å². The van der Waals surface area contributed by atoms with E-state index in [0.29, 0.717) is 41.7 Å². The van der Waals surface area contributed by atoms with Crippen LogP contribution in [0.4, 0.5) is 5.69 Å². The van der Waals surface area contributed by atoms with Crippen LogP contribution in [0.3, 0.4) is 0 Å². The summed E-state index contributed by atoms with van der Waals surface area (Å²) >= 11 is 6.05. The van der Waals surface area contributed by atoms with E-state index in [-0.39, 0.29) is 18.2 Å². The second kappa shape index (κ2) is 8.19. The third kappa shape index (κ3) is 4.95. The number of hydrogen-bond acceptors (Lipinski definition) is 3. The van der Waals surface area contributed by atoms with E-state index >= 15 is 0 Å². The van der Waals surface area contributed by atoms with Crippen molar-refractivity contribution in [2.45, 2.75) is 57.5 Å². The van der Waals surface area contributed by atoms with Crippen LogP contribution >= 0.6 is 11.6 Å². The largest absolute Gasteiger partial charge is 0.356 e. The standard InChI is InChI=1S/C19H26ClN3O2/c1-12-16(20)3-2-4-17(12)23-18(24)7-8-21-19(25)11-13-9-14-5-6-15(10-13)22-14/h2-4,13-15,22H,5-11H2,1H3,(H,21,25)(H,23,24). The van der Waals surface area contributed by atoms with Gasteiger partial charge in [-0.25, -0.2) is 0 Å². The number of benzene rings is 1. The Morgan fingerprint density at radius 2 is 1.92 bits per heavy atom. The zero-order chi connectivity index (χ0) is 17.8. The molecule has 2 aliphatic heterocycles. The summed E-state index contributed by atoms with van der Waals surface area (Å²) in [6.07, 6.45) is 5.51. The lowest BCUT2D eigenvalue weighted by molar-refractivity contribution is -0.122. The number of hydrogen-bond donors (Lipinski definition) is 3. The predicted octanol–water partition coefficient (Wildman–Crippen LogP) is 3.01. The SMILES string of the molecule is Cc1c(Cl)cccc1NC(=O)CCNC(=O)CC1CC2CCC(C1)N2. The van der Waals surface area contributed by atoms with Gasteiger partial charge in [0.1, 0.15) is 0 Å². The fraction of sp³-hybridized carbons (Fsp3) is 0.579. The van der Waals surface area contributed by atoms with Crippen LogP contribution in [0.15, 0.2) is 18.2 Å². The molecule has 0 saturated carbocycles. The lowest BCUT2D eigenvalue weighted by Crippen LogP contribution is -2.40. The molecule has 2 fully saturated rings. The molecule has 25 heavy (non-hydrogen) atoms. The molecule has 6 heteroatoms. The van der Waals surface area contributed by atoms with E-state index in [1.807, 2.05) is 13.0 Å². The van der Waals surface area contributed by atoms with Crippen LogP contribution in [0.1, 0.15) is 44.1 Å². The first-order chi connectivity index (χ1) is 12.0. The number of rotatable bonds is 6. The molecule has 0 spiro atoms. The Kier molecular flexibility index (Phi) is 5.97. The van der Waals surface area contributed by atoms with Crippen LogP contribution in [0, 0.1) is 12.8 Å². The fourth-order valence-corrected chi connectivity index (χ4v) is 4.12. The molecule has 3 N–H and O–H groups in total. The Labute approximate surface area is 153 Å². The molecule has 0 aliphatic carbocycles. The summed E-state index contributed by atoms with van der Waals surface area (Å²) in [5.41, 5.74) is 1.57. The second-order valence-corrected chi connectivity index (χ2v) is 7.65. The van der Waals surface area contributed by atoms with Crippen LogP contribution in [0.2, 0.25) is 5.02 Å². The molecule has 2 aliphatic rings. The van der Waals surface area contributed by atoms with Crippen molar-refractivity contribution in [3.05, 3.63) is 28.8 Å². The van der Waals surface area contributed by atoms with Crippen molar-refractivity contribution >= 4 is 29.1 Å². The molecular formula is C19H26ClN3O2. The molecule has 2 heterocycles. The normalized spacial score (nSPS) is 24.8. The number of carbonyl (C=O) groups excluding carboxylic acids is 2. The van der Waals surface area contributed by atoms with E-state index in [1.165, 1.54) is 12.8 Å². The summed E-state index contributed by atoms with van der Waals surface area (Å²) in [7, 11) is 0. The van der Waals surface area contributed by atoms with Gasteiger partial charge in [0.05, 0.1) is 0 Å². The van der Waals surface area contributed by atoms with Crippen molar-refractivity contribution in [2.75, 3.05) is 11.9 Å². The number of halogens is 1. The summed E-state index contributed by atoms with van der Waals surface area (Å²) in [5, 5.41) is 9.94.